The maximum Gasteiger partial charge on any atom is 0.311 e. The molecule has 2 amide bonds. The highest BCUT2D eigenvalue weighted by atomic mass is 35.5. The molecule has 0 saturated carbocycles. The van der Waals surface area contributed by atoms with E-state index in [0.29, 0.717) is 23.7 Å². The van der Waals surface area contributed by atoms with E-state index in [9.17, 15) is 19.5 Å². The van der Waals surface area contributed by atoms with Gasteiger partial charge in [0.05, 0.1) is 46.5 Å². The summed E-state index contributed by atoms with van der Waals surface area (Å²) in [6, 6.07) is 3.98. The highest BCUT2D eigenvalue weighted by Gasteiger charge is 2.71. The molecule has 6 atom stereocenters. The maximum atomic E-state index is 14.3. The Morgan fingerprint density at radius 2 is 2.06 bits per heavy atom. The van der Waals surface area contributed by atoms with Crippen LogP contribution in [-0.2, 0) is 19.1 Å². The van der Waals surface area contributed by atoms with Crippen LogP contribution >= 0.6 is 23.4 Å². The normalized spacial score (nSPS) is 33.6. The van der Waals surface area contributed by atoms with Gasteiger partial charge in [-0.2, -0.15) is 0 Å². The number of hydrogen-bond acceptors (Lipinski definition) is 6. The van der Waals surface area contributed by atoms with Crippen molar-refractivity contribution in [3.63, 3.8) is 0 Å². The molecule has 5 rings (SSSR count). The van der Waals surface area contributed by atoms with Crippen LogP contribution in [0.2, 0.25) is 5.02 Å². The van der Waals surface area contributed by atoms with E-state index < -0.39 is 34.6 Å². The molecular weight excluding hydrogens is 476 g/mol. The van der Waals surface area contributed by atoms with Crippen LogP contribution < -0.4 is 4.90 Å². The summed E-state index contributed by atoms with van der Waals surface area (Å²) in [4.78, 5) is 44.4. The van der Waals surface area contributed by atoms with Gasteiger partial charge < -0.3 is 19.6 Å². The van der Waals surface area contributed by atoms with Crippen LogP contribution in [0.5, 0.6) is 0 Å². The first-order valence-electron chi connectivity index (χ1n) is 11.5. The van der Waals surface area contributed by atoms with Gasteiger partial charge in [-0.25, -0.2) is 0 Å². The molecule has 4 aliphatic rings. The number of anilines is 1. The zero-order valence-electron chi connectivity index (χ0n) is 19.0. The molecule has 4 aliphatic heterocycles. The Labute approximate surface area is 207 Å². The van der Waals surface area contributed by atoms with Crippen molar-refractivity contribution in [3.8, 4) is 0 Å². The molecule has 1 unspecified atom stereocenters. The maximum absolute atomic E-state index is 14.3. The minimum absolute atomic E-state index is 0.267. The number of cyclic esters (lactones) is 1. The fraction of sp³-hybridized carbons (Fsp3) is 0.480. The zero-order chi connectivity index (χ0) is 24.2. The van der Waals surface area contributed by atoms with Crippen molar-refractivity contribution in [2.45, 2.75) is 42.3 Å². The van der Waals surface area contributed by atoms with Gasteiger partial charge in [0.25, 0.3) is 5.91 Å². The van der Waals surface area contributed by atoms with Gasteiger partial charge in [0, 0.05) is 11.8 Å². The second-order valence-electron chi connectivity index (χ2n) is 9.26. The summed E-state index contributed by atoms with van der Waals surface area (Å²) < 4.78 is 4.52. The summed E-state index contributed by atoms with van der Waals surface area (Å²) >= 11 is 8.01. The monoisotopic (exact) mass is 502 g/mol. The van der Waals surface area contributed by atoms with E-state index in [1.807, 2.05) is 43.4 Å². The molecule has 0 radical (unpaired) electrons. The lowest BCUT2D eigenvalue weighted by atomic mass is 9.78. The van der Waals surface area contributed by atoms with Crippen LogP contribution in [0, 0.1) is 18.8 Å². The average molecular weight is 503 g/mol. The van der Waals surface area contributed by atoms with E-state index in [1.165, 1.54) is 16.7 Å². The number of nitrogens with zero attached hydrogens (tertiary/aromatic N) is 2. The summed E-state index contributed by atoms with van der Waals surface area (Å²) in [5.74, 6) is -2.43. The fourth-order valence-corrected chi connectivity index (χ4v) is 8.09. The summed E-state index contributed by atoms with van der Waals surface area (Å²) in [5, 5.41) is 10.2. The van der Waals surface area contributed by atoms with E-state index in [4.69, 9.17) is 16.3 Å². The number of amides is 2. The largest absolute Gasteiger partial charge is 0.465 e. The Morgan fingerprint density at radius 1 is 1.26 bits per heavy atom. The SMILES string of the molecule is Cc1cccc(Cl)c1N1CC=C[C@]23S[C@@H]4C=CCCOC(=O)[C@@H]4[C@H]2C(=O)N([C@H](C)CO)C3C1=O. The standard InChI is InChI=1S/C25H27ClN2O5S/c1-14-7-5-8-16(26)20(14)27-11-6-10-25-19(18-17(34-25)9-3-4-12-33-24(18)32)22(30)28(15(2)13-29)21(25)23(27)31/h3,5-10,15,17-19,21,29H,4,11-13H2,1-2H3/t15-,17-,18+,19+,21?,25+/m1/s1. The number of aryl methyl sites for hydroxylation is 1. The Balaban J connectivity index is 1.67. The van der Waals surface area contributed by atoms with Crippen molar-refractivity contribution in [1.29, 1.82) is 0 Å². The smallest absolute Gasteiger partial charge is 0.311 e. The number of para-hydroxylation sites is 1. The van der Waals surface area contributed by atoms with Gasteiger partial charge in [-0.3, -0.25) is 14.4 Å². The molecule has 4 heterocycles. The third kappa shape index (κ3) is 3.33. The highest BCUT2D eigenvalue weighted by molar-refractivity contribution is 8.02. The molecule has 34 heavy (non-hydrogen) atoms. The Morgan fingerprint density at radius 3 is 2.79 bits per heavy atom. The fourth-order valence-electron chi connectivity index (χ4n) is 5.77. The second kappa shape index (κ2) is 8.73. The van der Waals surface area contributed by atoms with Crippen molar-refractivity contribution >= 4 is 46.8 Å². The van der Waals surface area contributed by atoms with Gasteiger partial charge in [0.2, 0.25) is 5.91 Å². The molecule has 0 aliphatic carbocycles. The van der Waals surface area contributed by atoms with Gasteiger partial charge in [0.15, 0.2) is 0 Å². The molecule has 1 spiro atoms. The van der Waals surface area contributed by atoms with Crippen LogP contribution in [0.4, 0.5) is 5.69 Å². The van der Waals surface area contributed by atoms with Crippen molar-refractivity contribution < 1.29 is 24.2 Å². The molecule has 1 aromatic rings. The van der Waals surface area contributed by atoms with E-state index in [0.717, 1.165) is 5.56 Å². The first-order chi connectivity index (χ1) is 16.3. The lowest BCUT2D eigenvalue weighted by Crippen LogP contribution is -2.56. The predicted molar refractivity (Wildman–Crippen MR) is 131 cm³/mol. The lowest BCUT2D eigenvalue weighted by Gasteiger charge is -2.37. The third-order valence-corrected chi connectivity index (χ3v) is 9.31. The molecule has 2 saturated heterocycles. The number of likely N-dealkylation sites (tertiary alicyclic amines) is 1. The van der Waals surface area contributed by atoms with Crippen molar-refractivity contribution in [1.82, 2.24) is 4.90 Å². The lowest BCUT2D eigenvalue weighted by molar-refractivity contribution is -0.153. The number of halogens is 1. The van der Waals surface area contributed by atoms with E-state index in [2.05, 4.69) is 0 Å². The summed E-state index contributed by atoms with van der Waals surface area (Å²) in [6.45, 7) is 3.88. The van der Waals surface area contributed by atoms with E-state index >= 15 is 0 Å². The number of esters is 1. The van der Waals surface area contributed by atoms with Crippen LogP contribution in [-0.4, -0.2) is 69.6 Å². The molecule has 9 heteroatoms. The number of aliphatic hydroxyl groups excluding tert-OH is 1. The topological polar surface area (TPSA) is 87.2 Å². The van der Waals surface area contributed by atoms with Crippen LogP contribution in [0.1, 0.15) is 18.9 Å². The number of fused-ring (bicyclic) bond motifs is 2. The third-order valence-electron chi connectivity index (χ3n) is 7.26. The first kappa shape index (κ1) is 23.5. The van der Waals surface area contributed by atoms with Crippen molar-refractivity contribution in [2.24, 2.45) is 11.8 Å². The van der Waals surface area contributed by atoms with Crippen LogP contribution in [0.15, 0.2) is 42.5 Å². The Kier molecular flexibility index (Phi) is 6.02. The minimum atomic E-state index is -0.954. The van der Waals surface area contributed by atoms with Gasteiger partial charge >= 0.3 is 5.97 Å². The predicted octanol–water partition coefficient (Wildman–Crippen LogP) is 2.73. The summed E-state index contributed by atoms with van der Waals surface area (Å²) in [6.07, 6.45) is 8.41. The molecule has 0 bridgehead atoms. The molecule has 1 N–H and O–H groups in total. The number of carbonyl (C=O) groups excluding carboxylic acids is 3. The average Bonchev–Trinajstić information content (AvgIpc) is 3.18. The molecular formula is C25H27ClN2O5S. The van der Waals surface area contributed by atoms with E-state index in [-0.39, 0.29) is 30.3 Å². The van der Waals surface area contributed by atoms with Crippen LogP contribution in [0.3, 0.4) is 0 Å². The number of carbonyl (C=O) groups is 3. The van der Waals surface area contributed by atoms with Crippen molar-refractivity contribution in [3.05, 3.63) is 53.1 Å². The van der Waals surface area contributed by atoms with E-state index in [1.54, 1.807) is 17.9 Å². The Bertz CT molecular complexity index is 1090. The van der Waals surface area contributed by atoms with Gasteiger partial charge in [-0.1, -0.05) is 48.0 Å². The van der Waals surface area contributed by atoms with Crippen molar-refractivity contribution in [2.75, 3.05) is 24.7 Å². The minimum Gasteiger partial charge on any atom is -0.465 e. The molecule has 1 aromatic carbocycles. The van der Waals surface area contributed by atoms with Gasteiger partial charge in [-0.05, 0) is 31.9 Å². The summed E-state index contributed by atoms with van der Waals surface area (Å²) in [5.41, 5.74) is 1.46. The van der Waals surface area contributed by atoms with Crippen LogP contribution in [0.25, 0.3) is 0 Å². The molecule has 2 fully saturated rings. The molecule has 7 nitrogen and oxygen atoms in total. The number of rotatable bonds is 3. The molecule has 180 valence electrons. The molecule has 0 aromatic heterocycles. The Hall–Kier alpha value is -2.29. The number of aliphatic hydroxyl groups is 1. The van der Waals surface area contributed by atoms with Gasteiger partial charge in [0.1, 0.15) is 6.04 Å². The number of hydrogen-bond donors (Lipinski definition) is 1. The number of benzene rings is 1. The summed E-state index contributed by atoms with van der Waals surface area (Å²) in [7, 11) is 0. The number of ether oxygens (including phenoxy) is 1. The van der Waals surface area contributed by atoms with Gasteiger partial charge in [-0.15, -0.1) is 11.8 Å². The quantitative estimate of drug-likeness (QED) is 0.505. The first-order valence-corrected chi connectivity index (χ1v) is 12.8. The number of thioether (sulfide) groups is 1. The zero-order valence-corrected chi connectivity index (χ0v) is 20.6. The second-order valence-corrected chi connectivity index (χ2v) is 11.2. The highest BCUT2D eigenvalue weighted by Crippen LogP contribution is 2.61.